The molecule has 5 heteroatoms. The molecule has 0 spiro atoms. The van der Waals surface area contributed by atoms with Gasteiger partial charge in [0, 0.05) is 0 Å². The van der Waals surface area contributed by atoms with Crippen LogP contribution in [-0.4, -0.2) is 34.8 Å². The molecule has 4 nitrogen and oxygen atoms in total. The number of rotatable bonds is 3. The molecule has 0 aliphatic heterocycles. The number of aliphatic hydroxyl groups excluding tert-OH is 1. The first-order valence-electron chi connectivity index (χ1n) is 5.71. The highest BCUT2D eigenvalue weighted by Gasteiger charge is 2.33. The van der Waals surface area contributed by atoms with Crippen molar-refractivity contribution < 1.29 is 14.6 Å². The average Bonchev–Trinajstić information content (AvgIpc) is 2.08. The van der Waals surface area contributed by atoms with Gasteiger partial charge >= 0.3 is 6.09 Å². The van der Waals surface area contributed by atoms with Crippen LogP contribution in [0.25, 0.3) is 0 Å². The van der Waals surface area contributed by atoms with Crippen molar-refractivity contribution in [3.63, 3.8) is 0 Å². The van der Waals surface area contributed by atoms with E-state index in [1.54, 1.807) is 20.8 Å². The van der Waals surface area contributed by atoms with E-state index in [1.165, 1.54) is 0 Å². The summed E-state index contributed by atoms with van der Waals surface area (Å²) < 4.78 is 5.15. The van der Waals surface area contributed by atoms with Crippen LogP contribution in [0, 0.1) is 5.41 Å². The molecule has 0 saturated heterocycles. The molecular formula is C12H24ClNO3. The third-order valence-corrected chi connectivity index (χ3v) is 2.46. The van der Waals surface area contributed by atoms with Crippen LogP contribution in [0.4, 0.5) is 4.79 Å². The number of hydrogen-bond acceptors (Lipinski definition) is 3. The Balaban J connectivity index is 4.61. The van der Waals surface area contributed by atoms with Crippen LogP contribution in [0.15, 0.2) is 0 Å². The number of hydrogen-bond donors (Lipinski definition) is 2. The molecule has 2 unspecified atom stereocenters. The third kappa shape index (κ3) is 6.74. The highest BCUT2D eigenvalue weighted by Crippen LogP contribution is 2.23. The van der Waals surface area contributed by atoms with Crippen molar-refractivity contribution in [1.29, 1.82) is 0 Å². The van der Waals surface area contributed by atoms with Gasteiger partial charge in [-0.2, -0.15) is 0 Å². The molecule has 0 aliphatic rings. The first-order chi connectivity index (χ1) is 7.47. The maximum absolute atomic E-state index is 11.6. The molecule has 0 aromatic carbocycles. The van der Waals surface area contributed by atoms with Crippen molar-refractivity contribution in [3.05, 3.63) is 0 Å². The van der Waals surface area contributed by atoms with Gasteiger partial charge in [0.25, 0.3) is 0 Å². The van der Waals surface area contributed by atoms with Gasteiger partial charge in [-0.05, 0) is 26.2 Å². The van der Waals surface area contributed by atoms with E-state index < -0.39 is 23.8 Å². The molecule has 0 rings (SSSR count). The standard InChI is InChI=1S/C12H24ClNO3/c1-11(2,3)9(8(15)7-13)14-10(16)17-12(4,5)6/h8-9,15H,7H2,1-6H3,(H,14,16). The van der Waals surface area contributed by atoms with Crippen LogP contribution in [-0.2, 0) is 4.74 Å². The lowest BCUT2D eigenvalue weighted by Crippen LogP contribution is -2.52. The minimum atomic E-state index is -0.802. The molecule has 1 amide bonds. The average molecular weight is 266 g/mol. The van der Waals surface area contributed by atoms with Crippen molar-refractivity contribution in [2.24, 2.45) is 5.41 Å². The van der Waals surface area contributed by atoms with Crippen LogP contribution in [0.2, 0.25) is 0 Å². The van der Waals surface area contributed by atoms with Gasteiger partial charge < -0.3 is 15.2 Å². The quantitative estimate of drug-likeness (QED) is 0.771. The molecule has 102 valence electrons. The Labute approximate surface area is 109 Å². The van der Waals surface area contributed by atoms with Gasteiger partial charge in [0.15, 0.2) is 0 Å². The number of amides is 1. The van der Waals surface area contributed by atoms with Crippen LogP contribution < -0.4 is 5.32 Å². The molecule has 0 aliphatic carbocycles. The summed E-state index contributed by atoms with van der Waals surface area (Å²) >= 11 is 5.63. The number of alkyl halides is 1. The fourth-order valence-corrected chi connectivity index (χ4v) is 1.59. The van der Waals surface area contributed by atoms with Crippen LogP contribution in [0.3, 0.4) is 0 Å². The van der Waals surface area contributed by atoms with E-state index in [9.17, 15) is 9.90 Å². The van der Waals surface area contributed by atoms with E-state index in [0.717, 1.165) is 0 Å². The molecule has 0 heterocycles. The second-order valence-corrected chi connectivity index (χ2v) is 6.52. The lowest BCUT2D eigenvalue weighted by molar-refractivity contribution is 0.0317. The zero-order chi connectivity index (χ0) is 13.9. The van der Waals surface area contributed by atoms with Crippen LogP contribution in [0.5, 0.6) is 0 Å². The van der Waals surface area contributed by atoms with Gasteiger partial charge in [-0.1, -0.05) is 20.8 Å². The van der Waals surface area contributed by atoms with Crippen LogP contribution >= 0.6 is 11.6 Å². The zero-order valence-electron chi connectivity index (χ0n) is 11.5. The number of alkyl carbamates (subject to hydrolysis) is 1. The van der Waals surface area contributed by atoms with Gasteiger partial charge in [0.05, 0.1) is 18.0 Å². The number of carbonyl (C=O) groups is 1. The van der Waals surface area contributed by atoms with E-state index in [0.29, 0.717) is 0 Å². The van der Waals surface area contributed by atoms with Gasteiger partial charge in [-0.15, -0.1) is 11.6 Å². The van der Waals surface area contributed by atoms with Crippen molar-refractivity contribution in [3.8, 4) is 0 Å². The molecule has 17 heavy (non-hydrogen) atoms. The fourth-order valence-electron chi connectivity index (χ4n) is 1.41. The highest BCUT2D eigenvalue weighted by atomic mass is 35.5. The van der Waals surface area contributed by atoms with Gasteiger partial charge in [0.1, 0.15) is 5.60 Å². The van der Waals surface area contributed by atoms with E-state index in [1.807, 2.05) is 20.8 Å². The highest BCUT2D eigenvalue weighted by molar-refractivity contribution is 6.18. The molecule has 0 aromatic rings. The van der Waals surface area contributed by atoms with Gasteiger partial charge in [0.2, 0.25) is 0 Å². The molecular weight excluding hydrogens is 242 g/mol. The topological polar surface area (TPSA) is 58.6 Å². The Hall–Kier alpha value is -0.480. The van der Waals surface area contributed by atoms with Crippen molar-refractivity contribution in [1.82, 2.24) is 5.32 Å². The Kier molecular flexibility index (Phi) is 5.75. The van der Waals surface area contributed by atoms with Gasteiger partial charge in [-0.3, -0.25) is 0 Å². The minimum absolute atomic E-state index is 0.0672. The SMILES string of the molecule is CC(C)(C)OC(=O)NC(C(O)CCl)C(C)(C)C. The second-order valence-electron chi connectivity index (χ2n) is 6.21. The van der Waals surface area contributed by atoms with Gasteiger partial charge in [-0.25, -0.2) is 4.79 Å². The first-order valence-corrected chi connectivity index (χ1v) is 6.24. The summed E-state index contributed by atoms with van der Waals surface area (Å²) in [6, 6.07) is -0.449. The number of ether oxygens (including phenoxy) is 1. The molecule has 2 N–H and O–H groups in total. The minimum Gasteiger partial charge on any atom is -0.444 e. The number of carbonyl (C=O) groups excluding carboxylic acids is 1. The first kappa shape index (κ1) is 16.5. The second kappa shape index (κ2) is 5.91. The monoisotopic (exact) mass is 265 g/mol. The fraction of sp³-hybridized carbons (Fsp3) is 0.917. The van der Waals surface area contributed by atoms with E-state index >= 15 is 0 Å². The predicted molar refractivity (Wildman–Crippen MR) is 69.3 cm³/mol. The van der Waals surface area contributed by atoms with Crippen molar-refractivity contribution >= 4 is 17.7 Å². The van der Waals surface area contributed by atoms with E-state index in [4.69, 9.17) is 16.3 Å². The largest absolute Gasteiger partial charge is 0.444 e. The van der Waals surface area contributed by atoms with Crippen molar-refractivity contribution in [2.45, 2.75) is 59.3 Å². The maximum atomic E-state index is 11.6. The Morgan fingerprint density at radius 3 is 2.06 bits per heavy atom. The third-order valence-electron chi connectivity index (χ3n) is 2.15. The Morgan fingerprint density at radius 1 is 1.29 bits per heavy atom. The number of aliphatic hydroxyl groups is 1. The summed E-state index contributed by atoms with van der Waals surface area (Å²) in [4.78, 5) is 11.6. The molecule has 0 bridgehead atoms. The lowest BCUT2D eigenvalue weighted by atomic mass is 9.84. The summed E-state index contributed by atoms with van der Waals surface area (Å²) in [5, 5.41) is 12.5. The molecule has 0 fully saturated rings. The lowest BCUT2D eigenvalue weighted by Gasteiger charge is -2.34. The van der Waals surface area contributed by atoms with E-state index in [-0.39, 0.29) is 11.3 Å². The summed E-state index contributed by atoms with van der Waals surface area (Å²) in [6.07, 6.45) is -1.34. The normalized spacial score (nSPS) is 16.2. The smallest absolute Gasteiger partial charge is 0.407 e. The maximum Gasteiger partial charge on any atom is 0.407 e. The number of nitrogens with one attached hydrogen (secondary N) is 1. The predicted octanol–water partition coefficient (Wildman–Crippen LogP) is 2.53. The Bertz CT molecular complexity index is 255. The summed E-state index contributed by atoms with van der Waals surface area (Å²) in [6.45, 7) is 11.1. The molecule has 0 saturated carbocycles. The van der Waals surface area contributed by atoms with E-state index in [2.05, 4.69) is 5.32 Å². The molecule has 0 radical (unpaired) electrons. The van der Waals surface area contributed by atoms with Crippen LogP contribution in [0.1, 0.15) is 41.5 Å². The number of halogens is 1. The zero-order valence-corrected chi connectivity index (χ0v) is 12.3. The van der Waals surface area contributed by atoms with Crippen molar-refractivity contribution in [2.75, 3.05) is 5.88 Å². The Morgan fingerprint density at radius 2 is 1.76 bits per heavy atom. The molecule has 2 atom stereocenters. The molecule has 0 aromatic heterocycles. The summed E-state index contributed by atoms with van der Waals surface area (Å²) in [7, 11) is 0. The summed E-state index contributed by atoms with van der Waals surface area (Å²) in [5.41, 5.74) is -0.857. The summed E-state index contributed by atoms with van der Waals surface area (Å²) in [5.74, 6) is 0.0672.